The number of amides is 1. The van der Waals surface area contributed by atoms with Crippen LogP contribution in [0.1, 0.15) is 28.3 Å². The van der Waals surface area contributed by atoms with E-state index < -0.39 is 17.7 Å². The number of fused-ring (bicyclic) bond motifs is 1. The van der Waals surface area contributed by atoms with E-state index in [4.69, 9.17) is 9.47 Å². The third kappa shape index (κ3) is 3.71. The molecule has 2 aliphatic heterocycles. The highest BCUT2D eigenvalue weighted by molar-refractivity contribution is 6.46. The first kappa shape index (κ1) is 20.8. The number of ether oxygens (including phenoxy) is 2. The molecule has 1 N–H and O–H groups in total. The second-order valence-electron chi connectivity index (χ2n) is 7.98. The lowest BCUT2D eigenvalue weighted by atomic mass is 9.94. The van der Waals surface area contributed by atoms with Crippen molar-refractivity contribution in [2.24, 2.45) is 0 Å². The van der Waals surface area contributed by atoms with Gasteiger partial charge in [-0.15, -0.1) is 0 Å². The molecule has 0 aliphatic carbocycles. The molecule has 7 nitrogen and oxygen atoms in total. The van der Waals surface area contributed by atoms with Crippen molar-refractivity contribution in [1.29, 1.82) is 0 Å². The standard InChI is InChI=1S/C26H22N2O5/c1-32-20-4-2-3-18(14-20)23-22(24(29)19-5-6-21-17(13-19)9-12-33-21)25(30)26(31)28(23)15-16-7-10-27-11-8-16/h2-8,10-11,13-14,23,29H,9,12,15H2,1H3/b24-22-. The molecule has 7 heteroatoms. The monoisotopic (exact) mass is 442 g/mol. The number of carbonyl (C=O) groups excluding carboxylic acids is 2. The van der Waals surface area contributed by atoms with Gasteiger partial charge >= 0.3 is 0 Å². The summed E-state index contributed by atoms with van der Waals surface area (Å²) >= 11 is 0. The lowest BCUT2D eigenvalue weighted by Gasteiger charge is -2.25. The van der Waals surface area contributed by atoms with Gasteiger partial charge in [-0.2, -0.15) is 0 Å². The number of hydrogen-bond donors (Lipinski definition) is 1. The summed E-state index contributed by atoms with van der Waals surface area (Å²) in [5.41, 5.74) is 3.00. The van der Waals surface area contributed by atoms with Crippen molar-refractivity contribution in [1.82, 2.24) is 9.88 Å². The number of aliphatic hydroxyl groups is 1. The summed E-state index contributed by atoms with van der Waals surface area (Å²) in [5.74, 6) is -0.212. The third-order valence-electron chi connectivity index (χ3n) is 6.01. The quantitative estimate of drug-likeness (QED) is 0.369. The predicted octanol–water partition coefficient (Wildman–Crippen LogP) is 3.65. The topological polar surface area (TPSA) is 89.0 Å². The van der Waals surface area contributed by atoms with Crippen LogP contribution in [0, 0.1) is 0 Å². The molecule has 33 heavy (non-hydrogen) atoms. The van der Waals surface area contributed by atoms with Gasteiger partial charge in [0.25, 0.3) is 11.7 Å². The lowest BCUT2D eigenvalue weighted by Crippen LogP contribution is -2.29. The molecule has 0 bridgehead atoms. The first-order chi connectivity index (χ1) is 16.1. The van der Waals surface area contributed by atoms with Crippen LogP contribution in [0.2, 0.25) is 0 Å². The number of nitrogens with zero attached hydrogens (tertiary/aromatic N) is 2. The van der Waals surface area contributed by atoms with E-state index in [-0.39, 0.29) is 17.9 Å². The van der Waals surface area contributed by atoms with E-state index >= 15 is 0 Å². The molecular formula is C26H22N2O5. The largest absolute Gasteiger partial charge is 0.507 e. The summed E-state index contributed by atoms with van der Waals surface area (Å²) in [7, 11) is 1.56. The summed E-state index contributed by atoms with van der Waals surface area (Å²) in [6, 6.07) is 15.3. The number of aliphatic hydroxyl groups excluding tert-OH is 1. The van der Waals surface area contributed by atoms with Gasteiger partial charge in [0.05, 0.1) is 25.3 Å². The first-order valence-corrected chi connectivity index (χ1v) is 10.6. The van der Waals surface area contributed by atoms with Crippen LogP contribution in [0.4, 0.5) is 0 Å². The molecule has 0 spiro atoms. The maximum absolute atomic E-state index is 13.2. The second kappa shape index (κ2) is 8.43. The Bertz CT molecular complexity index is 1270. The molecule has 3 aromatic rings. The molecule has 1 aromatic heterocycles. The number of likely N-dealkylation sites (tertiary alicyclic amines) is 1. The van der Waals surface area contributed by atoms with Crippen LogP contribution in [-0.2, 0) is 22.6 Å². The molecule has 2 aliphatic rings. The molecule has 1 fully saturated rings. The molecule has 3 heterocycles. The van der Waals surface area contributed by atoms with Crippen LogP contribution in [0.5, 0.6) is 11.5 Å². The smallest absolute Gasteiger partial charge is 0.295 e. The van der Waals surface area contributed by atoms with E-state index in [1.165, 1.54) is 4.90 Å². The molecule has 1 atom stereocenters. The second-order valence-corrected chi connectivity index (χ2v) is 7.98. The molecule has 1 amide bonds. The fourth-order valence-corrected chi connectivity index (χ4v) is 4.38. The van der Waals surface area contributed by atoms with Gasteiger partial charge in [-0.25, -0.2) is 0 Å². The highest BCUT2D eigenvalue weighted by Gasteiger charge is 2.46. The van der Waals surface area contributed by atoms with Gasteiger partial charge in [0.15, 0.2) is 0 Å². The fourth-order valence-electron chi connectivity index (χ4n) is 4.38. The zero-order valence-corrected chi connectivity index (χ0v) is 18.0. The van der Waals surface area contributed by atoms with Crippen molar-refractivity contribution in [2.45, 2.75) is 19.0 Å². The number of ketones is 1. The van der Waals surface area contributed by atoms with Gasteiger partial charge in [-0.1, -0.05) is 12.1 Å². The van der Waals surface area contributed by atoms with Gasteiger partial charge in [0.2, 0.25) is 0 Å². The Morgan fingerprint density at radius 3 is 2.76 bits per heavy atom. The lowest BCUT2D eigenvalue weighted by molar-refractivity contribution is -0.140. The maximum atomic E-state index is 13.2. The van der Waals surface area contributed by atoms with Crippen LogP contribution in [0.15, 0.2) is 72.6 Å². The zero-order chi connectivity index (χ0) is 22.9. The molecule has 2 aromatic carbocycles. The molecule has 166 valence electrons. The summed E-state index contributed by atoms with van der Waals surface area (Å²) < 4.78 is 10.9. The third-order valence-corrected chi connectivity index (χ3v) is 6.01. The number of aromatic nitrogens is 1. The SMILES string of the molecule is COc1cccc(C2/C(=C(/O)c3ccc4c(c3)CCO4)C(=O)C(=O)N2Cc2ccncc2)c1. The highest BCUT2D eigenvalue weighted by Crippen LogP contribution is 2.41. The van der Waals surface area contributed by atoms with Crippen molar-refractivity contribution in [3.63, 3.8) is 0 Å². The van der Waals surface area contributed by atoms with Gasteiger partial charge in [-0.3, -0.25) is 14.6 Å². The van der Waals surface area contributed by atoms with Crippen LogP contribution in [0.25, 0.3) is 5.76 Å². The van der Waals surface area contributed by atoms with Crippen molar-refractivity contribution < 1.29 is 24.2 Å². The average molecular weight is 442 g/mol. The van der Waals surface area contributed by atoms with E-state index in [2.05, 4.69) is 4.98 Å². The fraction of sp³-hybridized carbons (Fsp3) is 0.192. The minimum Gasteiger partial charge on any atom is -0.507 e. The van der Waals surface area contributed by atoms with Crippen molar-refractivity contribution in [2.75, 3.05) is 13.7 Å². The number of rotatable bonds is 5. The number of methoxy groups -OCH3 is 1. The molecule has 1 saturated heterocycles. The maximum Gasteiger partial charge on any atom is 0.295 e. The van der Waals surface area contributed by atoms with E-state index in [1.807, 2.05) is 12.1 Å². The van der Waals surface area contributed by atoms with Gasteiger partial charge < -0.3 is 19.5 Å². The van der Waals surface area contributed by atoms with Crippen molar-refractivity contribution in [3.05, 3.63) is 94.8 Å². The first-order valence-electron chi connectivity index (χ1n) is 10.6. The van der Waals surface area contributed by atoms with E-state index in [0.29, 0.717) is 23.5 Å². The minimum absolute atomic E-state index is 0.0566. The normalized spacial score (nSPS) is 18.8. The number of hydrogen-bond acceptors (Lipinski definition) is 6. The van der Waals surface area contributed by atoms with Crippen molar-refractivity contribution >= 4 is 17.4 Å². The Morgan fingerprint density at radius 2 is 1.97 bits per heavy atom. The van der Waals surface area contributed by atoms with Crippen LogP contribution in [0.3, 0.4) is 0 Å². The Labute approximate surface area is 190 Å². The Morgan fingerprint density at radius 1 is 1.15 bits per heavy atom. The molecule has 0 saturated carbocycles. The highest BCUT2D eigenvalue weighted by atomic mass is 16.5. The number of benzene rings is 2. The molecule has 1 unspecified atom stereocenters. The zero-order valence-electron chi connectivity index (χ0n) is 18.0. The van der Waals surface area contributed by atoms with Gasteiger partial charge in [0, 0.05) is 30.9 Å². The molecule has 0 radical (unpaired) electrons. The molecule has 5 rings (SSSR count). The van der Waals surface area contributed by atoms with E-state index in [9.17, 15) is 14.7 Å². The number of Topliss-reactive ketones (excluding diaryl/α,β-unsaturated/α-hetero) is 1. The van der Waals surface area contributed by atoms with E-state index in [0.717, 1.165) is 23.3 Å². The number of pyridine rings is 1. The van der Waals surface area contributed by atoms with Crippen LogP contribution < -0.4 is 9.47 Å². The van der Waals surface area contributed by atoms with Gasteiger partial charge in [0.1, 0.15) is 17.3 Å². The van der Waals surface area contributed by atoms with Crippen LogP contribution >= 0.6 is 0 Å². The summed E-state index contributed by atoms with van der Waals surface area (Å²) in [5, 5.41) is 11.3. The van der Waals surface area contributed by atoms with Gasteiger partial charge in [-0.05, 0) is 59.2 Å². The number of carbonyl (C=O) groups is 2. The van der Waals surface area contributed by atoms with Crippen molar-refractivity contribution in [3.8, 4) is 11.5 Å². The predicted molar refractivity (Wildman–Crippen MR) is 121 cm³/mol. The Kier molecular flexibility index (Phi) is 5.30. The van der Waals surface area contributed by atoms with Crippen LogP contribution in [-0.4, -0.2) is 40.4 Å². The average Bonchev–Trinajstić information content (AvgIpc) is 3.42. The summed E-state index contributed by atoms with van der Waals surface area (Å²) in [4.78, 5) is 31.9. The minimum atomic E-state index is -0.766. The Hall–Kier alpha value is -4.13. The van der Waals surface area contributed by atoms with E-state index in [1.54, 1.807) is 62.0 Å². The Balaban J connectivity index is 1.65. The summed E-state index contributed by atoms with van der Waals surface area (Å²) in [6.07, 6.45) is 4.00. The summed E-state index contributed by atoms with van der Waals surface area (Å²) in [6.45, 7) is 0.781. The molecular weight excluding hydrogens is 420 g/mol.